The second kappa shape index (κ2) is 9.19. The van der Waals surface area contributed by atoms with Gasteiger partial charge in [-0.15, -0.1) is 0 Å². The van der Waals surface area contributed by atoms with Crippen LogP contribution in [0.2, 0.25) is 0 Å². The molecule has 1 heterocycles. The van der Waals surface area contributed by atoms with Crippen molar-refractivity contribution in [1.82, 2.24) is 14.9 Å². The number of hydrogen-bond acceptors (Lipinski definition) is 5. The summed E-state index contributed by atoms with van der Waals surface area (Å²) in [5, 5.41) is 3.24. The fourth-order valence-electron chi connectivity index (χ4n) is 2.95. The van der Waals surface area contributed by atoms with E-state index in [1.165, 1.54) is 6.33 Å². The molecule has 0 aliphatic heterocycles. The maximum absolute atomic E-state index is 13.1. The summed E-state index contributed by atoms with van der Waals surface area (Å²) in [7, 11) is 4.00. The molecule has 0 radical (unpaired) electrons. The van der Waals surface area contributed by atoms with E-state index in [9.17, 15) is 4.79 Å². The van der Waals surface area contributed by atoms with Gasteiger partial charge in [-0.25, -0.2) is 9.97 Å². The molecule has 0 fully saturated rings. The van der Waals surface area contributed by atoms with Crippen LogP contribution in [0.4, 0.5) is 17.2 Å². The number of amides is 1. The molecule has 0 spiro atoms. The first-order valence-corrected chi connectivity index (χ1v) is 9.65. The number of benzene rings is 2. The molecule has 0 saturated heterocycles. The summed E-state index contributed by atoms with van der Waals surface area (Å²) in [6.07, 6.45) is 1.42. The molecule has 0 saturated carbocycles. The average Bonchev–Trinajstić information content (AvgIpc) is 2.72. The highest BCUT2D eigenvalue weighted by Crippen LogP contribution is 2.20. The minimum Gasteiger partial charge on any atom is -0.378 e. The number of carbonyl (C=O) groups is 1. The maximum Gasteiger partial charge on any atom is 0.273 e. The van der Waals surface area contributed by atoms with Crippen LogP contribution in [0.1, 0.15) is 29.9 Å². The lowest BCUT2D eigenvalue weighted by atomic mass is 10.1. The van der Waals surface area contributed by atoms with Crippen LogP contribution in [0.15, 0.2) is 67.0 Å². The highest BCUT2D eigenvalue weighted by molar-refractivity contribution is 5.93. The predicted molar refractivity (Wildman–Crippen MR) is 118 cm³/mol. The quantitative estimate of drug-likeness (QED) is 0.651. The minimum absolute atomic E-state index is 0.0488. The molecule has 1 amide bonds. The lowest BCUT2D eigenvalue weighted by Gasteiger charge is -2.26. The zero-order chi connectivity index (χ0) is 20.8. The largest absolute Gasteiger partial charge is 0.378 e. The van der Waals surface area contributed by atoms with Crippen molar-refractivity contribution < 1.29 is 4.79 Å². The van der Waals surface area contributed by atoms with Crippen molar-refractivity contribution in [2.75, 3.05) is 24.3 Å². The van der Waals surface area contributed by atoms with Crippen LogP contribution >= 0.6 is 0 Å². The van der Waals surface area contributed by atoms with Crippen LogP contribution in [0.3, 0.4) is 0 Å². The molecular formula is C23H27N5O. The van der Waals surface area contributed by atoms with Gasteiger partial charge in [0.2, 0.25) is 0 Å². The van der Waals surface area contributed by atoms with E-state index in [-0.39, 0.29) is 11.9 Å². The van der Waals surface area contributed by atoms with Gasteiger partial charge in [-0.1, -0.05) is 30.3 Å². The third-order valence-corrected chi connectivity index (χ3v) is 4.62. The summed E-state index contributed by atoms with van der Waals surface area (Å²) in [6, 6.07) is 19.7. The molecule has 0 unspecified atom stereocenters. The number of nitrogens with zero attached hydrogens (tertiary/aromatic N) is 4. The van der Waals surface area contributed by atoms with E-state index >= 15 is 0 Å². The Hall–Kier alpha value is -3.41. The molecule has 6 heteroatoms. The summed E-state index contributed by atoms with van der Waals surface area (Å²) in [5.41, 5.74) is 3.47. The van der Waals surface area contributed by atoms with Gasteiger partial charge in [0.1, 0.15) is 17.8 Å². The van der Waals surface area contributed by atoms with E-state index in [0.717, 1.165) is 16.9 Å². The van der Waals surface area contributed by atoms with Crippen LogP contribution in [0.25, 0.3) is 0 Å². The number of aromatic nitrogens is 2. The zero-order valence-electron chi connectivity index (χ0n) is 17.3. The van der Waals surface area contributed by atoms with Gasteiger partial charge in [0.05, 0.1) is 0 Å². The number of carbonyl (C=O) groups excluding carboxylic acids is 1. The standard InChI is InChI=1S/C23H27N5O/c1-17(2)28(15-18-8-6-5-7-9-18)23(29)21-14-22(25-16-24-21)26-19-10-12-20(13-11-19)27(3)4/h5-14,16-17H,15H2,1-4H3,(H,24,25,26). The van der Waals surface area contributed by atoms with Crippen molar-refractivity contribution in [3.63, 3.8) is 0 Å². The summed E-state index contributed by atoms with van der Waals surface area (Å²) < 4.78 is 0. The summed E-state index contributed by atoms with van der Waals surface area (Å²) in [6.45, 7) is 4.55. The fraction of sp³-hybridized carbons (Fsp3) is 0.261. The van der Waals surface area contributed by atoms with Crippen LogP contribution < -0.4 is 10.2 Å². The first-order chi connectivity index (χ1) is 13.9. The zero-order valence-corrected chi connectivity index (χ0v) is 17.3. The van der Waals surface area contributed by atoms with Gasteiger partial charge in [-0.2, -0.15) is 0 Å². The molecule has 150 valence electrons. The van der Waals surface area contributed by atoms with E-state index in [0.29, 0.717) is 18.1 Å². The average molecular weight is 390 g/mol. The maximum atomic E-state index is 13.1. The molecule has 1 N–H and O–H groups in total. The van der Waals surface area contributed by atoms with E-state index < -0.39 is 0 Å². The van der Waals surface area contributed by atoms with Crippen LogP contribution in [0.5, 0.6) is 0 Å². The number of nitrogens with one attached hydrogen (secondary N) is 1. The monoisotopic (exact) mass is 389 g/mol. The predicted octanol–water partition coefficient (Wildman–Crippen LogP) is 4.34. The Morgan fingerprint density at radius 1 is 1.00 bits per heavy atom. The Balaban J connectivity index is 1.77. The Labute approximate surface area is 172 Å². The Bertz CT molecular complexity index is 939. The van der Waals surface area contributed by atoms with Crippen LogP contribution in [0, 0.1) is 0 Å². The molecule has 0 bridgehead atoms. The molecule has 0 aliphatic rings. The molecule has 0 atom stereocenters. The summed E-state index contributed by atoms with van der Waals surface area (Å²) >= 11 is 0. The normalized spacial score (nSPS) is 10.7. The lowest BCUT2D eigenvalue weighted by molar-refractivity contribution is 0.0684. The van der Waals surface area contributed by atoms with Gasteiger partial charge in [0, 0.05) is 44.1 Å². The van der Waals surface area contributed by atoms with Gasteiger partial charge in [0.25, 0.3) is 5.91 Å². The molecular weight excluding hydrogens is 362 g/mol. The second-order valence-corrected chi connectivity index (χ2v) is 7.37. The molecule has 6 nitrogen and oxygen atoms in total. The summed E-state index contributed by atoms with van der Waals surface area (Å²) in [5.74, 6) is 0.474. The number of hydrogen-bond donors (Lipinski definition) is 1. The molecule has 29 heavy (non-hydrogen) atoms. The van der Waals surface area contributed by atoms with E-state index in [1.54, 1.807) is 6.07 Å². The molecule has 2 aromatic carbocycles. The molecule has 0 aliphatic carbocycles. The van der Waals surface area contributed by atoms with Crippen molar-refractivity contribution in [1.29, 1.82) is 0 Å². The first kappa shape index (κ1) is 20.3. The number of anilines is 3. The molecule has 3 rings (SSSR count). The van der Waals surface area contributed by atoms with Crippen molar-refractivity contribution in [3.05, 3.63) is 78.2 Å². The third-order valence-electron chi connectivity index (χ3n) is 4.62. The highest BCUT2D eigenvalue weighted by Gasteiger charge is 2.21. The topological polar surface area (TPSA) is 61.4 Å². The Morgan fingerprint density at radius 2 is 1.69 bits per heavy atom. The smallest absolute Gasteiger partial charge is 0.273 e. The van der Waals surface area contributed by atoms with Crippen LogP contribution in [-0.2, 0) is 6.54 Å². The van der Waals surface area contributed by atoms with E-state index in [1.807, 2.05) is 92.3 Å². The molecule has 1 aromatic heterocycles. The fourth-order valence-corrected chi connectivity index (χ4v) is 2.95. The van der Waals surface area contributed by atoms with E-state index in [4.69, 9.17) is 0 Å². The molecule has 3 aromatic rings. The Morgan fingerprint density at radius 3 is 2.31 bits per heavy atom. The van der Waals surface area contributed by atoms with Crippen molar-refractivity contribution >= 4 is 23.1 Å². The van der Waals surface area contributed by atoms with Crippen molar-refractivity contribution in [2.45, 2.75) is 26.4 Å². The van der Waals surface area contributed by atoms with Gasteiger partial charge in [0.15, 0.2) is 0 Å². The Kier molecular flexibility index (Phi) is 6.44. The lowest BCUT2D eigenvalue weighted by Crippen LogP contribution is -2.36. The van der Waals surface area contributed by atoms with E-state index in [2.05, 4.69) is 15.3 Å². The number of rotatable bonds is 7. The van der Waals surface area contributed by atoms with Gasteiger partial charge in [-0.05, 0) is 43.7 Å². The SMILES string of the molecule is CC(C)N(Cc1ccccc1)C(=O)c1cc(Nc2ccc(N(C)C)cc2)ncn1. The van der Waals surface area contributed by atoms with Crippen LogP contribution in [-0.4, -0.2) is 40.9 Å². The second-order valence-electron chi connectivity index (χ2n) is 7.37. The third kappa shape index (κ3) is 5.31. The van der Waals surface area contributed by atoms with Gasteiger partial charge < -0.3 is 15.1 Å². The van der Waals surface area contributed by atoms with Crippen molar-refractivity contribution in [2.24, 2.45) is 0 Å². The minimum atomic E-state index is -0.114. The van der Waals surface area contributed by atoms with Crippen molar-refractivity contribution in [3.8, 4) is 0 Å². The summed E-state index contributed by atoms with van der Waals surface area (Å²) in [4.78, 5) is 25.4. The van der Waals surface area contributed by atoms with Gasteiger partial charge >= 0.3 is 0 Å². The van der Waals surface area contributed by atoms with Gasteiger partial charge in [-0.3, -0.25) is 4.79 Å². The highest BCUT2D eigenvalue weighted by atomic mass is 16.2. The first-order valence-electron chi connectivity index (χ1n) is 9.65.